The van der Waals surface area contributed by atoms with E-state index < -0.39 is 5.97 Å². The number of rotatable bonds is 3. The van der Waals surface area contributed by atoms with Crippen molar-refractivity contribution in [2.45, 2.75) is 38.1 Å². The molecule has 2 aromatic heterocycles. The van der Waals surface area contributed by atoms with Gasteiger partial charge >= 0.3 is 5.97 Å². The van der Waals surface area contributed by atoms with Crippen molar-refractivity contribution < 1.29 is 9.90 Å². The molecular weight excluding hydrogens is 286 g/mol. The fraction of sp³-hybridized carbons (Fsp3) is 0.375. The van der Waals surface area contributed by atoms with Crippen molar-refractivity contribution in [3.05, 3.63) is 45.6 Å². The lowest BCUT2D eigenvalue weighted by Gasteiger charge is -2.26. The number of carbonyl (C=O) groups is 1. The first-order valence-electron chi connectivity index (χ1n) is 7.21. The molecular formula is C16H17NO3S. The van der Waals surface area contributed by atoms with Gasteiger partial charge in [-0.15, -0.1) is 11.3 Å². The molecule has 1 saturated carbocycles. The van der Waals surface area contributed by atoms with Crippen LogP contribution in [0.25, 0.3) is 10.6 Å². The van der Waals surface area contributed by atoms with Crippen molar-refractivity contribution in [3.63, 3.8) is 0 Å². The normalized spacial score (nSPS) is 16.0. The highest BCUT2D eigenvalue weighted by atomic mass is 32.1. The van der Waals surface area contributed by atoms with Crippen LogP contribution in [0.5, 0.6) is 0 Å². The molecule has 0 atom stereocenters. The van der Waals surface area contributed by atoms with Gasteiger partial charge in [-0.05, 0) is 36.4 Å². The summed E-state index contributed by atoms with van der Waals surface area (Å²) in [4.78, 5) is 24.9. The van der Waals surface area contributed by atoms with E-state index in [0.29, 0.717) is 0 Å². The van der Waals surface area contributed by atoms with Crippen molar-refractivity contribution in [2.24, 2.45) is 0 Å². The maximum absolute atomic E-state index is 12.6. The van der Waals surface area contributed by atoms with E-state index in [1.807, 2.05) is 17.5 Å². The smallest absolute Gasteiger partial charge is 0.341 e. The molecule has 0 radical (unpaired) electrons. The number of carboxylic acids is 1. The minimum Gasteiger partial charge on any atom is -0.477 e. The van der Waals surface area contributed by atoms with E-state index in [1.54, 1.807) is 22.0 Å². The molecule has 110 valence electrons. The molecule has 0 unspecified atom stereocenters. The Hall–Kier alpha value is -1.88. The molecule has 2 heterocycles. The van der Waals surface area contributed by atoms with Crippen LogP contribution >= 0.6 is 11.3 Å². The number of hydrogen-bond donors (Lipinski definition) is 1. The quantitative estimate of drug-likeness (QED) is 0.938. The number of carboxylic acid groups (broad SMARTS) is 1. The lowest BCUT2D eigenvalue weighted by molar-refractivity contribution is 0.0694. The summed E-state index contributed by atoms with van der Waals surface area (Å²) in [6.45, 7) is 0. The zero-order valence-corrected chi connectivity index (χ0v) is 12.4. The van der Waals surface area contributed by atoms with Gasteiger partial charge in [0.25, 0.3) is 5.56 Å². The van der Waals surface area contributed by atoms with Crippen LogP contribution in [-0.4, -0.2) is 15.6 Å². The summed E-state index contributed by atoms with van der Waals surface area (Å²) in [6.07, 6.45) is 5.28. The summed E-state index contributed by atoms with van der Waals surface area (Å²) in [5.41, 5.74) is 0.327. The lowest BCUT2D eigenvalue weighted by Crippen LogP contribution is -2.31. The van der Waals surface area contributed by atoms with Crippen molar-refractivity contribution in [2.75, 3.05) is 0 Å². The highest BCUT2D eigenvalue weighted by Crippen LogP contribution is 2.32. The van der Waals surface area contributed by atoms with Crippen molar-refractivity contribution in [1.82, 2.24) is 4.57 Å². The minimum atomic E-state index is -1.15. The minimum absolute atomic E-state index is 0.114. The van der Waals surface area contributed by atoms with Gasteiger partial charge in [0, 0.05) is 6.04 Å². The van der Waals surface area contributed by atoms with Crippen LogP contribution in [0.1, 0.15) is 48.5 Å². The molecule has 1 fully saturated rings. The molecule has 2 aromatic rings. The molecule has 0 aliphatic heterocycles. The predicted octanol–water partition coefficient (Wildman–Crippen LogP) is 3.78. The molecule has 5 heteroatoms. The number of aromatic nitrogens is 1. The van der Waals surface area contributed by atoms with E-state index in [2.05, 4.69) is 0 Å². The van der Waals surface area contributed by atoms with Crippen LogP contribution in [0.2, 0.25) is 0 Å². The summed E-state index contributed by atoms with van der Waals surface area (Å²) in [7, 11) is 0. The topological polar surface area (TPSA) is 59.3 Å². The van der Waals surface area contributed by atoms with Gasteiger partial charge in [-0.1, -0.05) is 25.3 Å². The van der Waals surface area contributed by atoms with Gasteiger partial charge in [0.1, 0.15) is 5.56 Å². The van der Waals surface area contributed by atoms with Crippen LogP contribution in [0.15, 0.2) is 34.4 Å². The maximum atomic E-state index is 12.6. The van der Waals surface area contributed by atoms with Crippen LogP contribution in [-0.2, 0) is 0 Å². The third-order valence-corrected chi connectivity index (χ3v) is 4.95. The molecule has 4 nitrogen and oxygen atoms in total. The third kappa shape index (κ3) is 2.65. The Bertz CT molecular complexity index is 697. The van der Waals surface area contributed by atoms with Gasteiger partial charge in [-0.25, -0.2) is 4.79 Å². The van der Waals surface area contributed by atoms with Gasteiger partial charge in [0.15, 0.2) is 0 Å². The molecule has 21 heavy (non-hydrogen) atoms. The predicted molar refractivity (Wildman–Crippen MR) is 83.1 cm³/mol. The zero-order chi connectivity index (χ0) is 14.8. The molecule has 0 amide bonds. The number of aromatic carboxylic acids is 1. The first-order valence-corrected chi connectivity index (χ1v) is 8.09. The van der Waals surface area contributed by atoms with E-state index in [-0.39, 0.29) is 17.2 Å². The number of nitrogens with zero attached hydrogens (tertiary/aromatic N) is 1. The van der Waals surface area contributed by atoms with E-state index in [4.69, 9.17) is 0 Å². The summed E-state index contributed by atoms with van der Waals surface area (Å²) in [5, 5.41) is 11.2. The SMILES string of the molecule is O=C(O)c1ccc(-c2cccs2)n(C2CCCCC2)c1=O. The van der Waals surface area contributed by atoms with Gasteiger partial charge in [-0.2, -0.15) is 0 Å². The molecule has 1 aliphatic carbocycles. The van der Waals surface area contributed by atoms with Crippen LogP contribution in [0, 0.1) is 0 Å². The average Bonchev–Trinajstić information content (AvgIpc) is 3.01. The molecule has 0 spiro atoms. The van der Waals surface area contributed by atoms with Gasteiger partial charge in [-0.3, -0.25) is 4.79 Å². The van der Waals surface area contributed by atoms with Crippen molar-refractivity contribution in [3.8, 4) is 10.6 Å². The second-order valence-corrected chi connectivity index (χ2v) is 6.33. The highest BCUT2D eigenvalue weighted by Gasteiger charge is 2.23. The number of thiophene rings is 1. The van der Waals surface area contributed by atoms with Gasteiger partial charge in [0.05, 0.1) is 10.6 Å². The number of hydrogen-bond acceptors (Lipinski definition) is 3. The Labute approximate surface area is 126 Å². The second-order valence-electron chi connectivity index (χ2n) is 5.38. The van der Waals surface area contributed by atoms with E-state index in [9.17, 15) is 14.7 Å². The fourth-order valence-corrected chi connectivity index (χ4v) is 3.79. The molecule has 0 aromatic carbocycles. The Balaban J connectivity index is 2.18. The van der Waals surface area contributed by atoms with Gasteiger partial charge < -0.3 is 9.67 Å². The Morgan fingerprint density at radius 3 is 2.57 bits per heavy atom. The zero-order valence-electron chi connectivity index (χ0n) is 11.6. The second kappa shape index (κ2) is 5.85. The van der Waals surface area contributed by atoms with E-state index in [1.165, 1.54) is 12.5 Å². The Morgan fingerprint density at radius 2 is 1.95 bits per heavy atom. The van der Waals surface area contributed by atoms with Crippen molar-refractivity contribution >= 4 is 17.3 Å². The van der Waals surface area contributed by atoms with E-state index in [0.717, 1.165) is 36.3 Å². The largest absolute Gasteiger partial charge is 0.477 e. The molecule has 3 rings (SSSR count). The summed E-state index contributed by atoms with van der Waals surface area (Å²) in [6, 6.07) is 7.23. The summed E-state index contributed by atoms with van der Waals surface area (Å²) < 4.78 is 1.72. The van der Waals surface area contributed by atoms with E-state index >= 15 is 0 Å². The summed E-state index contributed by atoms with van der Waals surface area (Å²) in [5.74, 6) is -1.15. The fourth-order valence-electron chi connectivity index (χ4n) is 3.04. The standard InChI is InChI=1S/C16H17NO3S/c18-15-12(16(19)20)8-9-13(14-7-4-10-21-14)17(15)11-5-2-1-3-6-11/h4,7-11H,1-3,5-6H2,(H,19,20). The monoisotopic (exact) mass is 303 g/mol. The van der Waals surface area contributed by atoms with Crippen LogP contribution in [0.3, 0.4) is 0 Å². The number of pyridine rings is 1. The summed E-state index contributed by atoms with van der Waals surface area (Å²) >= 11 is 1.57. The van der Waals surface area contributed by atoms with Crippen LogP contribution < -0.4 is 5.56 Å². The average molecular weight is 303 g/mol. The molecule has 1 aliphatic rings. The molecule has 0 bridgehead atoms. The Morgan fingerprint density at radius 1 is 1.19 bits per heavy atom. The lowest BCUT2D eigenvalue weighted by atomic mass is 9.94. The highest BCUT2D eigenvalue weighted by molar-refractivity contribution is 7.13. The van der Waals surface area contributed by atoms with Crippen molar-refractivity contribution in [1.29, 1.82) is 0 Å². The molecule has 0 saturated heterocycles. The first-order chi connectivity index (χ1) is 10.2. The first kappa shape index (κ1) is 14.1. The third-order valence-electron chi connectivity index (χ3n) is 4.06. The van der Waals surface area contributed by atoms with Gasteiger partial charge in [0.2, 0.25) is 0 Å². The molecule has 1 N–H and O–H groups in total. The van der Waals surface area contributed by atoms with Crippen LogP contribution in [0.4, 0.5) is 0 Å². The Kier molecular flexibility index (Phi) is 3.92. The maximum Gasteiger partial charge on any atom is 0.341 e.